The molecule has 4 aromatic rings. The number of carbonyl (C=O) groups is 1. The van der Waals surface area contributed by atoms with Gasteiger partial charge in [-0.15, -0.1) is 0 Å². The first-order chi connectivity index (χ1) is 15.2. The van der Waals surface area contributed by atoms with Gasteiger partial charge in [0.1, 0.15) is 11.6 Å². The third-order valence-electron chi connectivity index (χ3n) is 5.20. The summed E-state index contributed by atoms with van der Waals surface area (Å²) >= 11 is 0. The summed E-state index contributed by atoms with van der Waals surface area (Å²) in [5.74, 6) is 1.58. The summed E-state index contributed by atoms with van der Waals surface area (Å²) in [5.41, 5.74) is 3.35. The van der Waals surface area contributed by atoms with E-state index in [2.05, 4.69) is 9.97 Å². The lowest BCUT2D eigenvalue weighted by Crippen LogP contribution is -2.31. The summed E-state index contributed by atoms with van der Waals surface area (Å²) in [6.07, 6.45) is 7.20. The number of imidazole rings is 1. The number of hydrogen-bond acceptors (Lipinski definition) is 4. The number of ether oxygens (including phenoxy) is 1. The van der Waals surface area contributed by atoms with Gasteiger partial charge in [0, 0.05) is 42.6 Å². The molecule has 0 aliphatic rings. The van der Waals surface area contributed by atoms with Gasteiger partial charge in [-0.1, -0.05) is 24.3 Å². The van der Waals surface area contributed by atoms with Crippen LogP contribution in [0.2, 0.25) is 0 Å². The van der Waals surface area contributed by atoms with Crippen molar-refractivity contribution in [2.75, 3.05) is 12.0 Å². The quantitative estimate of drug-likeness (QED) is 0.449. The van der Waals surface area contributed by atoms with Gasteiger partial charge < -0.3 is 14.2 Å². The molecule has 6 heteroatoms. The highest BCUT2D eigenvalue weighted by Crippen LogP contribution is 2.24. The van der Waals surface area contributed by atoms with Gasteiger partial charge in [-0.25, -0.2) is 4.98 Å². The molecule has 0 atom stereocenters. The van der Waals surface area contributed by atoms with Crippen molar-refractivity contribution in [2.24, 2.45) is 0 Å². The number of aromatic nitrogens is 3. The number of methoxy groups -OCH3 is 1. The summed E-state index contributed by atoms with van der Waals surface area (Å²) in [5, 5.41) is 0. The van der Waals surface area contributed by atoms with Gasteiger partial charge >= 0.3 is 0 Å². The number of anilines is 1. The van der Waals surface area contributed by atoms with Crippen LogP contribution >= 0.6 is 0 Å². The molecule has 0 radical (unpaired) electrons. The number of hydrogen-bond donors (Lipinski definition) is 0. The molecule has 0 saturated carbocycles. The molecule has 0 aliphatic heterocycles. The van der Waals surface area contributed by atoms with E-state index in [1.54, 1.807) is 30.6 Å². The fourth-order valence-electron chi connectivity index (χ4n) is 3.48. The topological polar surface area (TPSA) is 60.2 Å². The second kappa shape index (κ2) is 9.26. The number of benzene rings is 2. The van der Waals surface area contributed by atoms with E-state index in [0.717, 1.165) is 28.4 Å². The fourth-order valence-corrected chi connectivity index (χ4v) is 3.48. The smallest absolute Gasteiger partial charge is 0.258 e. The van der Waals surface area contributed by atoms with Crippen LogP contribution in [0.15, 0.2) is 85.5 Å². The number of rotatable bonds is 7. The molecule has 2 aromatic carbocycles. The lowest BCUT2D eigenvalue weighted by molar-refractivity contribution is 0.0984. The van der Waals surface area contributed by atoms with Crippen LogP contribution in [0, 0.1) is 6.92 Å². The summed E-state index contributed by atoms with van der Waals surface area (Å²) in [4.78, 5) is 24.1. The molecule has 31 heavy (non-hydrogen) atoms. The SMILES string of the molecule is COc1ccc(N(Cc2cccnc2)C(=O)c2ccccc2Cn2ccnc2C)cc1. The van der Waals surface area contributed by atoms with Crippen LogP contribution in [0.4, 0.5) is 5.69 Å². The molecule has 1 amide bonds. The first-order valence-electron chi connectivity index (χ1n) is 10.1. The van der Waals surface area contributed by atoms with Gasteiger partial charge in [0.15, 0.2) is 0 Å². The maximum absolute atomic E-state index is 13.8. The first-order valence-corrected chi connectivity index (χ1v) is 10.1. The lowest BCUT2D eigenvalue weighted by Gasteiger charge is -2.24. The van der Waals surface area contributed by atoms with Gasteiger partial charge in [0.2, 0.25) is 0 Å². The van der Waals surface area contributed by atoms with Crippen molar-refractivity contribution in [3.8, 4) is 5.75 Å². The Hall–Kier alpha value is -3.93. The Labute approximate surface area is 181 Å². The molecule has 0 aliphatic carbocycles. The van der Waals surface area contributed by atoms with Gasteiger partial charge in [0.05, 0.1) is 13.7 Å². The van der Waals surface area contributed by atoms with Crippen LogP contribution in [0.1, 0.15) is 27.3 Å². The van der Waals surface area contributed by atoms with E-state index in [0.29, 0.717) is 18.7 Å². The molecule has 2 aromatic heterocycles. The molecule has 0 spiro atoms. The number of nitrogens with zero attached hydrogens (tertiary/aromatic N) is 4. The van der Waals surface area contributed by atoms with Crippen molar-refractivity contribution in [1.29, 1.82) is 0 Å². The summed E-state index contributed by atoms with van der Waals surface area (Å²) < 4.78 is 7.31. The lowest BCUT2D eigenvalue weighted by atomic mass is 10.0. The molecular weight excluding hydrogens is 388 g/mol. The number of amides is 1. The minimum Gasteiger partial charge on any atom is -0.497 e. The van der Waals surface area contributed by atoms with Crippen molar-refractivity contribution in [2.45, 2.75) is 20.0 Å². The molecule has 0 bridgehead atoms. The Morgan fingerprint density at radius 3 is 2.52 bits per heavy atom. The van der Waals surface area contributed by atoms with Gasteiger partial charge in [-0.2, -0.15) is 0 Å². The van der Waals surface area contributed by atoms with E-state index in [1.807, 2.05) is 78.4 Å². The Balaban J connectivity index is 1.71. The molecule has 2 heterocycles. The average molecular weight is 412 g/mol. The molecule has 0 fully saturated rings. The predicted octanol–water partition coefficient (Wildman–Crippen LogP) is 4.49. The molecule has 156 valence electrons. The van der Waals surface area contributed by atoms with Crippen LogP contribution < -0.4 is 9.64 Å². The number of carbonyl (C=O) groups excluding carboxylic acids is 1. The Morgan fingerprint density at radius 1 is 1.03 bits per heavy atom. The van der Waals surface area contributed by atoms with E-state index < -0.39 is 0 Å². The highest BCUT2D eigenvalue weighted by atomic mass is 16.5. The molecule has 4 rings (SSSR count). The zero-order chi connectivity index (χ0) is 21.6. The Morgan fingerprint density at radius 2 is 1.84 bits per heavy atom. The summed E-state index contributed by atoms with van der Waals surface area (Å²) in [6.45, 7) is 2.95. The van der Waals surface area contributed by atoms with Crippen LogP contribution in [0.3, 0.4) is 0 Å². The molecular formula is C25H24N4O2. The van der Waals surface area contributed by atoms with Crippen molar-refractivity contribution in [1.82, 2.24) is 14.5 Å². The zero-order valence-corrected chi connectivity index (χ0v) is 17.6. The Kier molecular flexibility index (Phi) is 6.08. The highest BCUT2D eigenvalue weighted by Gasteiger charge is 2.21. The Bertz CT molecular complexity index is 1150. The van der Waals surface area contributed by atoms with Crippen LogP contribution in [-0.2, 0) is 13.1 Å². The van der Waals surface area contributed by atoms with Gasteiger partial charge in [0.25, 0.3) is 5.91 Å². The van der Waals surface area contributed by atoms with Crippen LogP contribution in [0.25, 0.3) is 0 Å². The maximum atomic E-state index is 13.8. The van der Waals surface area contributed by atoms with E-state index in [1.165, 1.54) is 0 Å². The van der Waals surface area contributed by atoms with Gasteiger partial charge in [-0.3, -0.25) is 9.78 Å². The standard InChI is InChI=1S/C25H24N4O2/c1-19-27-14-15-28(19)18-21-7-3-4-8-24(21)25(30)29(17-20-6-5-13-26-16-20)22-9-11-23(31-2)12-10-22/h3-16H,17-18H2,1-2H3. The van der Waals surface area contributed by atoms with Crippen molar-refractivity contribution in [3.05, 3.63) is 108 Å². The normalized spacial score (nSPS) is 10.6. The summed E-state index contributed by atoms with van der Waals surface area (Å²) in [6, 6.07) is 19.1. The number of pyridine rings is 1. The molecule has 0 saturated heterocycles. The second-order valence-electron chi connectivity index (χ2n) is 7.21. The third-order valence-corrected chi connectivity index (χ3v) is 5.20. The van der Waals surface area contributed by atoms with Crippen molar-refractivity contribution in [3.63, 3.8) is 0 Å². The second-order valence-corrected chi connectivity index (χ2v) is 7.21. The van der Waals surface area contributed by atoms with Crippen molar-refractivity contribution >= 4 is 11.6 Å². The largest absolute Gasteiger partial charge is 0.497 e. The van der Waals surface area contributed by atoms with Crippen LogP contribution in [-0.4, -0.2) is 27.6 Å². The van der Waals surface area contributed by atoms with E-state index in [-0.39, 0.29) is 5.91 Å². The monoisotopic (exact) mass is 412 g/mol. The van der Waals surface area contributed by atoms with Crippen LogP contribution in [0.5, 0.6) is 5.75 Å². The molecule has 0 N–H and O–H groups in total. The third kappa shape index (κ3) is 4.64. The molecule has 6 nitrogen and oxygen atoms in total. The predicted molar refractivity (Wildman–Crippen MR) is 120 cm³/mol. The zero-order valence-electron chi connectivity index (χ0n) is 17.6. The minimum atomic E-state index is -0.0672. The fraction of sp³-hybridized carbons (Fsp3) is 0.160. The van der Waals surface area contributed by atoms with E-state index in [4.69, 9.17) is 4.74 Å². The summed E-state index contributed by atoms with van der Waals surface area (Å²) in [7, 11) is 1.63. The first kappa shape index (κ1) is 20.3. The average Bonchev–Trinajstić information content (AvgIpc) is 3.22. The van der Waals surface area contributed by atoms with Gasteiger partial charge in [-0.05, 0) is 54.4 Å². The number of aryl methyl sites for hydroxylation is 1. The van der Waals surface area contributed by atoms with E-state index in [9.17, 15) is 4.79 Å². The maximum Gasteiger partial charge on any atom is 0.258 e. The van der Waals surface area contributed by atoms with Crippen molar-refractivity contribution < 1.29 is 9.53 Å². The van der Waals surface area contributed by atoms with E-state index >= 15 is 0 Å². The minimum absolute atomic E-state index is 0.0672. The molecule has 0 unspecified atom stereocenters. The highest BCUT2D eigenvalue weighted by molar-refractivity contribution is 6.07.